The van der Waals surface area contributed by atoms with Gasteiger partial charge in [0.1, 0.15) is 17.3 Å². The Hall–Kier alpha value is -2.88. The molecule has 1 saturated heterocycles. The van der Waals surface area contributed by atoms with Crippen molar-refractivity contribution in [2.45, 2.75) is 58.3 Å². The highest BCUT2D eigenvalue weighted by molar-refractivity contribution is 5.75. The van der Waals surface area contributed by atoms with E-state index in [0.29, 0.717) is 38.5 Å². The van der Waals surface area contributed by atoms with Crippen molar-refractivity contribution in [1.29, 1.82) is 0 Å². The lowest BCUT2D eigenvalue weighted by atomic mass is 9.95. The number of aromatic nitrogens is 2. The number of benzene rings is 1. The predicted octanol–water partition coefficient (Wildman–Crippen LogP) is 4.42. The summed E-state index contributed by atoms with van der Waals surface area (Å²) >= 11 is 0. The fourth-order valence-corrected chi connectivity index (χ4v) is 4.52. The largest absolute Gasteiger partial charge is 0.433 e. The molecule has 0 saturated carbocycles. The van der Waals surface area contributed by atoms with Crippen molar-refractivity contribution in [2.24, 2.45) is 0 Å². The molecule has 7 nitrogen and oxygen atoms in total. The Balaban J connectivity index is 1.19. The van der Waals surface area contributed by atoms with Crippen LogP contribution < -0.4 is 10.2 Å². The maximum Gasteiger partial charge on any atom is 0.433 e. The molecule has 2 aliphatic rings. The van der Waals surface area contributed by atoms with Gasteiger partial charge in [-0.3, -0.25) is 4.90 Å². The fourth-order valence-electron chi connectivity index (χ4n) is 4.52. The Bertz CT molecular complexity index is 1000. The zero-order chi connectivity index (χ0) is 25.9. The van der Waals surface area contributed by atoms with E-state index in [9.17, 15) is 18.0 Å². The Morgan fingerprint density at radius 2 is 1.61 bits per heavy atom. The van der Waals surface area contributed by atoms with E-state index in [0.717, 1.165) is 38.5 Å². The summed E-state index contributed by atoms with van der Waals surface area (Å²) in [6.07, 6.45) is -2.68. The second-order valence-electron chi connectivity index (χ2n) is 10.6. The first-order valence-corrected chi connectivity index (χ1v) is 12.5. The summed E-state index contributed by atoms with van der Waals surface area (Å²) in [5.74, 6) is 0.545. The van der Waals surface area contributed by atoms with Crippen LogP contribution in [0.5, 0.6) is 0 Å². The number of nitrogens with zero attached hydrogens (tertiary/aromatic N) is 5. The lowest BCUT2D eigenvalue weighted by Gasteiger charge is -2.36. The highest BCUT2D eigenvalue weighted by Gasteiger charge is 2.36. The minimum Gasteiger partial charge on any atom is -0.354 e. The van der Waals surface area contributed by atoms with Gasteiger partial charge in [0.15, 0.2) is 0 Å². The van der Waals surface area contributed by atoms with Crippen LogP contribution in [-0.2, 0) is 24.7 Å². The van der Waals surface area contributed by atoms with Crippen molar-refractivity contribution in [3.63, 3.8) is 0 Å². The normalized spacial score (nSPS) is 16.8. The topological polar surface area (TPSA) is 64.6 Å². The van der Waals surface area contributed by atoms with Crippen molar-refractivity contribution >= 4 is 11.8 Å². The SMILES string of the molecule is CC(C)(C)c1nc(N2CCN(CCCCNC(=O)N3Cc4ccccc4C3)CC2)cc(C(F)(F)F)n1. The Morgan fingerprint density at radius 3 is 2.19 bits per heavy atom. The lowest BCUT2D eigenvalue weighted by Crippen LogP contribution is -2.47. The van der Waals surface area contributed by atoms with E-state index in [2.05, 4.69) is 32.3 Å². The van der Waals surface area contributed by atoms with Gasteiger partial charge < -0.3 is 15.1 Å². The number of alkyl halides is 3. The molecule has 10 heteroatoms. The molecule has 1 aromatic carbocycles. The number of hydrogen-bond donors (Lipinski definition) is 1. The average molecular weight is 505 g/mol. The highest BCUT2D eigenvalue weighted by Crippen LogP contribution is 2.32. The van der Waals surface area contributed by atoms with Gasteiger partial charge in [-0.2, -0.15) is 13.2 Å². The maximum atomic E-state index is 13.4. The molecule has 0 unspecified atom stereocenters. The molecule has 1 fully saturated rings. The Labute approximate surface area is 210 Å². The van der Waals surface area contributed by atoms with E-state index in [1.54, 1.807) is 0 Å². The number of halogens is 3. The molecule has 0 bridgehead atoms. The van der Waals surface area contributed by atoms with E-state index < -0.39 is 17.3 Å². The fraction of sp³-hybridized carbons (Fsp3) is 0.577. The van der Waals surface area contributed by atoms with Gasteiger partial charge >= 0.3 is 12.2 Å². The standard InChI is InChI=1S/C26H35F3N6O/c1-25(2,3)23-31-21(26(27,28)29)16-22(32-23)34-14-12-33(13-15-34)11-7-6-10-30-24(36)35-17-19-8-4-5-9-20(19)18-35/h4-5,8-9,16H,6-7,10-15,17-18H2,1-3H3,(H,30,36). The molecule has 36 heavy (non-hydrogen) atoms. The minimum absolute atomic E-state index is 0.0301. The first kappa shape index (κ1) is 26.2. The van der Waals surface area contributed by atoms with Crippen LogP contribution in [0.25, 0.3) is 0 Å². The van der Waals surface area contributed by atoms with Crippen molar-refractivity contribution in [2.75, 3.05) is 44.2 Å². The molecule has 0 atom stereocenters. The van der Waals surface area contributed by atoms with Crippen LogP contribution in [0.2, 0.25) is 0 Å². The first-order chi connectivity index (χ1) is 17.0. The number of urea groups is 1. The molecule has 0 spiro atoms. The van der Waals surface area contributed by atoms with Crippen LogP contribution in [0.4, 0.5) is 23.8 Å². The molecule has 2 aliphatic heterocycles. The molecular formula is C26H35F3N6O. The minimum atomic E-state index is -4.51. The van der Waals surface area contributed by atoms with Gasteiger partial charge in [0.2, 0.25) is 0 Å². The van der Waals surface area contributed by atoms with Crippen LogP contribution >= 0.6 is 0 Å². The molecule has 4 rings (SSSR count). The first-order valence-electron chi connectivity index (χ1n) is 12.5. The average Bonchev–Trinajstić information content (AvgIpc) is 3.27. The van der Waals surface area contributed by atoms with Gasteiger partial charge in [-0.15, -0.1) is 0 Å². The molecule has 2 amide bonds. The second-order valence-corrected chi connectivity index (χ2v) is 10.6. The summed E-state index contributed by atoms with van der Waals surface area (Å²) in [6, 6.07) is 9.15. The van der Waals surface area contributed by atoms with Crippen LogP contribution in [0, 0.1) is 0 Å². The molecule has 3 heterocycles. The monoisotopic (exact) mass is 504 g/mol. The molecule has 2 aromatic rings. The lowest BCUT2D eigenvalue weighted by molar-refractivity contribution is -0.141. The summed E-state index contributed by atoms with van der Waals surface area (Å²) < 4.78 is 40.3. The Kier molecular flexibility index (Phi) is 7.73. The molecule has 1 aromatic heterocycles. The van der Waals surface area contributed by atoms with Crippen molar-refractivity contribution in [3.8, 4) is 0 Å². The van der Waals surface area contributed by atoms with E-state index in [-0.39, 0.29) is 11.9 Å². The number of fused-ring (bicyclic) bond motifs is 1. The van der Waals surface area contributed by atoms with E-state index in [1.807, 2.05) is 42.7 Å². The summed E-state index contributed by atoms with van der Waals surface area (Å²) in [5.41, 5.74) is 0.946. The van der Waals surface area contributed by atoms with Gasteiger partial charge in [0.05, 0.1) is 0 Å². The zero-order valence-corrected chi connectivity index (χ0v) is 21.2. The highest BCUT2D eigenvalue weighted by atomic mass is 19.4. The second kappa shape index (κ2) is 10.6. The number of rotatable bonds is 6. The van der Waals surface area contributed by atoms with Crippen LogP contribution in [0.3, 0.4) is 0 Å². The van der Waals surface area contributed by atoms with E-state index >= 15 is 0 Å². The Morgan fingerprint density at radius 1 is 0.972 bits per heavy atom. The maximum absolute atomic E-state index is 13.4. The van der Waals surface area contributed by atoms with Crippen molar-refractivity contribution in [1.82, 2.24) is 25.1 Å². The third-order valence-electron chi connectivity index (χ3n) is 6.68. The van der Waals surface area contributed by atoms with Gasteiger partial charge in [-0.25, -0.2) is 14.8 Å². The third-order valence-corrected chi connectivity index (χ3v) is 6.68. The summed E-state index contributed by atoms with van der Waals surface area (Å²) in [7, 11) is 0. The van der Waals surface area contributed by atoms with Crippen LogP contribution in [-0.4, -0.2) is 65.1 Å². The molecule has 0 radical (unpaired) electrons. The summed E-state index contributed by atoms with van der Waals surface area (Å²) in [6.45, 7) is 11.0. The quantitative estimate of drug-likeness (QED) is 0.590. The van der Waals surface area contributed by atoms with E-state index in [1.165, 1.54) is 11.1 Å². The molecular weight excluding hydrogens is 469 g/mol. The number of unbranched alkanes of at least 4 members (excludes halogenated alkanes) is 1. The van der Waals surface area contributed by atoms with Crippen LogP contribution in [0.1, 0.15) is 56.3 Å². The van der Waals surface area contributed by atoms with Gasteiger partial charge in [-0.05, 0) is 30.5 Å². The van der Waals surface area contributed by atoms with Gasteiger partial charge in [0, 0.05) is 57.3 Å². The van der Waals surface area contributed by atoms with Crippen LogP contribution in [0.15, 0.2) is 30.3 Å². The number of carbonyl (C=O) groups is 1. The summed E-state index contributed by atoms with van der Waals surface area (Å²) in [5, 5.41) is 3.01. The zero-order valence-electron chi connectivity index (χ0n) is 21.2. The van der Waals surface area contributed by atoms with E-state index in [4.69, 9.17) is 0 Å². The van der Waals surface area contributed by atoms with Crippen molar-refractivity contribution in [3.05, 3.63) is 53.0 Å². The molecule has 0 aliphatic carbocycles. The smallest absolute Gasteiger partial charge is 0.354 e. The number of anilines is 1. The predicted molar refractivity (Wildman–Crippen MR) is 133 cm³/mol. The third kappa shape index (κ3) is 6.46. The molecule has 196 valence electrons. The summed E-state index contributed by atoms with van der Waals surface area (Å²) in [4.78, 5) is 26.7. The number of hydrogen-bond acceptors (Lipinski definition) is 5. The number of nitrogens with one attached hydrogen (secondary N) is 1. The number of piperazine rings is 1. The van der Waals surface area contributed by atoms with Gasteiger partial charge in [-0.1, -0.05) is 45.0 Å². The van der Waals surface area contributed by atoms with Crippen molar-refractivity contribution < 1.29 is 18.0 Å². The number of carbonyl (C=O) groups excluding carboxylic acids is 1. The molecule has 1 N–H and O–H groups in total. The van der Waals surface area contributed by atoms with Gasteiger partial charge in [0.25, 0.3) is 0 Å². The number of amides is 2.